The van der Waals surface area contributed by atoms with Gasteiger partial charge in [-0.3, -0.25) is 9.48 Å². The molecule has 10 heteroatoms. The molecule has 1 fully saturated rings. The first-order valence-electron chi connectivity index (χ1n) is 14.0. The highest BCUT2D eigenvalue weighted by atomic mass is 32.1. The van der Waals surface area contributed by atoms with Gasteiger partial charge in [0.1, 0.15) is 5.78 Å². The molecule has 0 amide bonds. The van der Waals surface area contributed by atoms with Gasteiger partial charge in [0, 0.05) is 55.9 Å². The van der Waals surface area contributed by atoms with Crippen molar-refractivity contribution in [3.63, 3.8) is 0 Å². The molecule has 0 N–H and O–H groups in total. The summed E-state index contributed by atoms with van der Waals surface area (Å²) in [6.45, 7) is 3.83. The van der Waals surface area contributed by atoms with Crippen LogP contribution < -0.4 is 4.74 Å². The van der Waals surface area contributed by atoms with Crippen LogP contribution in [0.15, 0.2) is 24.4 Å². The molecular weight excluding hydrogens is 525 g/mol. The van der Waals surface area contributed by atoms with Gasteiger partial charge in [-0.15, -0.1) is 0 Å². The van der Waals surface area contributed by atoms with Crippen molar-refractivity contribution in [3.8, 4) is 5.19 Å². The molecule has 1 saturated carbocycles. The standard InChI is InChI=1S/C29H37F3N4O2S/c1-19(29(30,31)32)38-28-33-26-10-13-36(14-11-27(26)39-28)12-9-20-3-5-21(6-4-20)16-24(37)17-22-7-8-25-23(15-22)18-35(2)34-25/h7-8,15,18-21H,3-6,9-14,16-17H2,1-2H3. The highest BCUT2D eigenvalue weighted by molar-refractivity contribution is 7.13. The van der Waals surface area contributed by atoms with Gasteiger partial charge in [-0.1, -0.05) is 30.2 Å². The molecule has 3 heterocycles. The third-order valence-corrected chi connectivity index (χ3v) is 9.29. The van der Waals surface area contributed by atoms with E-state index in [-0.39, 0.29) is 5.19 Å². The molecule has 0 radical (unpaired) electrons. The second-order valence-electron chi connectivity index (χ2n) is 11.3. The number of fused-ring (bicyclic) bond motifs is 2. The molecule has 2 aliphatic rings. The maximum atomic E-state index is 12.8. The van der Waals surface area contributed by atoms with Gasteiger partial charge < -0.3 is 9.64 Å². The lowest BCUT2D eigenvalue weighted by Crippen LogP contribution is -2.31. The Kier molecular flexibility index (Phi) is 8.61. The highest BCUT2D eigenvalue weighted by Gasteiger charge is 2.39. The van der Waals surface area contributed by atoms with Gasteiger partial charge in [0.25, 0.3) is 5.19 Å². The van der Waals surface area contributed by atoms with Crippen LogP contribution in [0, 0.1) is 11.8 Å². The Hall–Kier alpha value is -2.46. The number of benzene rings is 1. The number of rotatable bonds is 9. The summed E-state index contributed by atoms with van der Waals surface area (Å²) in [6, 6.07) is 6.09. The molecule has 39 heavy (non-hydrogen) atoms. The van der Waals surface area contributed by atoms with E-state index < -0.39 is 12.3 Å². The highest BCUT2D eigenvalue weighted by Crippen LogP contribution is 2.34. The lowest BCUT2D eigenvalue weighted by atomic mass is 9.78. The molecule has 6 nitrogen and oxygen atoms in total. The largest absolute Gasteiger partial charge is 0.457 e. The van der Waals surface area contributed by atoms with E-state index in [4.69, 9.17) is 4.74 Å². The maximum Gasteiger partial charge on any atom is 0.425 e. The van der Waals surface area contributed by atoms with Crippen molar-refractivity contribution in [1.82, 2.24) is 19.7 Å². The number of carbonyl (C=O) groups is 1. The fourth-order valence-corrected chi connectivity index (χ4v) is 6.92. The Bertz CT molecular complexity index is 1250. The zero-order valence-corrected chi connectivity index (χ0v) is 23.5. The minimum absolute atomic E-state index is 0.128. The first kappa shape index (κ1) is 28.1. The number of aromatic nitrogens is 3. The smallest absolute Gasteiger partial charge is 0.425 e. The van der Waals surface area contributed by atoms with E-state index in [2.05, 4.69) is 21.0 Å². The number of Topliss-reactive ketones (excluding diaryl/α,β-unsaturated/α-hetero) is 1. The van der Waals surface area contributed by atoms with Gasteiger partial charge in [0.15, 0.2) is 6.10 Å². The lowest BCUT2D eigenvalue weighted by molar-refractivity contribution is -0.189. The summed E-state index contributed by atoms with van der Waals surface area (Å²) in [4.78, 5) is 20.6. The van der Waals surface area contributed by atoms with Crippen LogP contribution in [-0.2, 0) is 31.1 Å². The van der Waals surface area contributed by atoms with Gasteiger partial charge in [0.2, 0.25) is 0 Å². The molecule has 1 aliphatic heterocycles. The number of thiazole rings is 1. The van der Waals surface area contributed by atoms with Gasteiger partial charge in [-0.2, -0.15) is 18.3 Å². The number of aryl methyl sites for hydroxylation is 1. The number of carbonyl (C=O) groups excluding carboxylic acids is 1. The van der Waals surface area contributed by atoms with Crippen molar-refractivity contribution in [2.45, 2.75) is 77.0 Å². The molecule has 0 saturated heterocycles. The molecule has 212 valence electrons. The van der Waals surface area contributed by atoms with Crippen molar-refractivity contribution < 1.29 is 22.7 Å². The van der Waals surface area contributed by atoms with Crippen molar-refractivity contribution in [2.24, 2.45) is 18.9 Å². The van der Waals surface area contributed by atoms with E-state index in [1.807, 2.05) is 25.4 Å². The van der Waals surface area contributed by atoms with Crippen LogP contribution in [0.1, 0.15) is 61.6 Å². The van der Waals surface area contributed by atoms with Crippen molar-refractivity contribution >= 4 is 28.0 Å². The zero-order valence-electron chi connectivity index (χ0n) is 22.7. The Morgan fingerprint density at radius 3 is 2.67 bits per heavy atom. The second-order valence-corrected chi connectivity index (χ2v) is 12.3. The first-order valence-corrected chi connectivity index (χ1v) is 14.8. The average Bonchev–Trinajstić information content (AvgIpc) is 3.39. The van der Waals surface area contributed by atoms with Crippen LogP contribution in [0.25, 0.3) is 10.9 Å². The summed E-state index contributed by atoms with van der Waals surface area (Å²) >= 11 is 1.26. The van der Waals surface area contributed by atoms with Crippen molar-refractivity contribution in [3.05, 3.63) is 40.5 Å². The molecule has 1 aliphatic carbocycles. The van der Waals surface area contributed by atoms with Crippen molar-refractivity contribution in [1.29, 1.82) is 0 Å². The van der Waals surface area contributed by atoms with Gasteiger partial charge in [-0.05, 0) is 68.7 Å². The number of nitrogens with zero attached hydrogens (tertiary/aromatic N) is 4. The van der Waals surface area contributed by atoms with E-state index in [1.54, 1.807) is 4.68 Å². The third-order valence-electron chi connectivity index (χ3n) is 8.24. The Morgan fingerprint density at radius 2 is 1.90 bits per heavy atom. The molecule has 2 aromatic heterocycles. The molecule has 5 rings (SSSR count). The van der Waals surface area contributed by atoms with E-state index >= 15 is 0 Å². The normalized spacial score (nSPS) is 21.5. The van der Waals surface area contributed by atoms with E-state index in [0.29, 0.717) is 30.5 Å². The number of halogens is 3. The summed E-state index contributed by atoms with van der Waals surface area (Å²) in [5.41, 5.74) is 2.91. The van der Waals surface area contributed by atoms with Crippen LogP contribution in [0.4, 0.5) is 13.2 Å². The summed E-state index contributed by atoms with van der Waals surface area (Å²) in [7, 11) is 1.91. The van der Waals surface area contributed by atoms with Gasteiger partial charge in [-0.25, -0.2) is 4.98 Å². The van der Waals surface area contributed by atoms with Crippen LogP contribution in [-0.4, -0.2) is 57.4 Å². The van der Waals surface area contributed by atoms with E-state index in [0.717, 1.165) is 85.7 Å². The van der Waals surface area contributed by atoms with Gasteiger partial charge >= 0.3 is 6.18 Å². The summed E-state index contributed by atoms with van der Waals surface area (Å²) in [5, 5.41) is 5.60. The molecular formula is C29H37F3N4O2S. The van der Waals surface area contributed by atoms with E-state index in [1.165, 1.54) is 24.2 Å². The molecule has 1 unspecified atom stereocenters. The van der Waals surface area contributed by atoms with Gasteiger partial charge in [0.05, 0.1) is 11.2 Å². The monoisotopic (exact) mass is 562 g/mol. The number of ether oxygens (including phenoxy) is 1. The summed E-state index contributed by atoms with van der Waals surface area (Å²) < 4.78 is 45.3. The molecule has 0 spiro atoms. The third kappa shape index (κ3) is 7.39. The number of ketones is 1. The predicted octanol–water partition coefficient (Wildman–Crippen LogP) is 6.16. The molecule has 3 aromatic rings. The maximum absolute atomic E-state index is 12.8. The molecule has 1 atom stereocenters. The average molecular weight is 563 g/mol. The summed E-state index contributed by atoms with van der Waals surface area (Å²) in [5.74, 6) is 1.52. The second kappa shape index (κ2) is 12.0. The Balaban J connectivity index is 1.01. The van der Waals surface area contributed by atoms with Crippen LogP contribution >= 0.6 is 11.3 Å². The van der Waals surface area contributed by atoms with E-state index in [9.17, 15) is 18.0 Å². The lowest BCUT2D eigenvalue weighted by Gasteiger charge is -2.30. The van der Waals surface area contributed by atoms with Crippen LogP contribution in [0.2, 0.25) is 0 Å². The van der Waals surface area contributed by atoms with Crippen LogP contribution in [0.3, 0.4) is 0 Å². The fraction of sp³-hybridized carbons (Fsp3) is 0.621. The summed E-state index contributed by atoms with van der Waals surface area (Å²) in [6.07, 6.45) is 4.24. The van der Waals surface area contributed by atoms with Crippen molar-refractivity contribution in [2.75, 3.05) is 19.6 Å². The topological polar surface area (TPSA) is 60.2 Å². The minimum atomic E-state index is -4.38. The molecule has 0 bridgehead atoms. The predicted molar refractivity (Wildman–Crippen MR) is 146 cm³/mol. The quantitative estimate of drug-likeness (QED) is 0.313. The molecule has 1 aromatic carbocycles. The number of alkyl halides is 3. The number of hydrogen-bond acceptors (Lipinski definition) is 6. The zero-order chi connectivity index (χ0) is 27.6. The Labute approximate surface area is 231 Å². The van der Waals surface area contributed by atoms with Crippen LogP contribution in [0.5, 0.6) is 5.19 Å². The fourth-order valence-electron chi connectivity index (χ4n) is 5.90. The minimum Gasteiger partial charge on any atom is -0.457 e. The number of hydrogen-bond donors (Lipinski definition) is 0. The first-order chi connectivity index (χ1) is 18.6. The Morgan fingerprint density at radius 1 is 1.15 bits per heavy atom. The SMILES string of the molecule is CC(Oc1nc2c(s1)CCN(CCC1CCC(CC(=O)Cc3ccc4nn(C)cc4c3)CC1)CC2)C(F)(F)F.